The number of rotatable bonds is 6. The first-order valence-electron chi connectivity index (χ1n) is 9.32. The molecular formula is C18H30N4O3. The van der Waals surface area contributed by atoms with Gasteiger partial charge in [-0.15, -0.1) is 0 Å². The molecule has 140 valence electrons. The van der Waals surface area contributed by atoms with Gasteiger partial charge in [-0.05, 0) is 32.8 Å². The third-order valence-electron chi connectivity index (χ3n) is 5.27. The number of carbonyl (C=O) groups is 1. The van der Waals surface area contributed by atoms with Crippen molar-refractivity contribution in [3.05, 3.63) is 17.5 Å². The minimum absolute atomic E-state index is 0.0321. The van der Waals surface area contributed by atoms with E-state index in [1.165, 1.54) is 0 Å². The van der Waals surface area contributed by atoms with Gasteiger partial charge in [-0.25, -0.2) is 0 Å². The molecule has 1 N–H and O–H groups in total. The Morgan fingerprint density at radius 2 is 1.92 bits per heavy atom. The summed E-state index contributed by atoms with van der Waals surface area (Å²) in [6.07, 6.45) is 1.97. The number of aromatic nitrogens is 2. The molecule has 0 saturated carbocycles. The Balaban J connectivity index is 1.64. The molecule has 0 spiro atoms. The fourth-order valence-corrected chi connectivity index (χ4v) is 3.76. The summed E-state index contributed by atoms with van der Waals surface area (Å²) in [6.45, 7) is 11.4. The van der Waals surface area contributed by atoms with Crippen LogP contribution in [-0.4, -0.2) is 73.2 Å². The summed E-state index contributed by atoms with van der Waals surface area (Å²) < 4.78 is 12.8. The van der Waals surface area contributed by atoms with Gasteiger partial charge in [0.05, 0.1) is 18.9 Å². The van der Waals surface area contributed by atoms with Gasteiger partial charge in [0.25, 0.3) is 5.91 Å². The number of amides is 1. The first kappa shape index (κ1) is 18.4. The summed E-state index contributed by atoms with van der Waals surface area (Å²) in [5.41, 5.74) is 1.60. The number of morpholine rings is 1. The molecule has 2 aliphatic heterocycles. The summed E-state index contributed by atoms with van der Waals surface area (Å²) in [5, 5.41) is 7.54. The van der Waals surface area contributed by atoms with Gasteiger partial charge in [0, 0.05) is 51.4 Å². The molecule has 1 aromatic rings. The molecule has 3 rings (SSSR count). The molecule has 0 unspecified atom stereocenters. The number of carbonyl (C=O) groups excluding carboxylic acids is 1. The Bertz CT molecular complexity index is 575. The van der Waals surface area contributed by atoms with Gasteiger partial charge in [-0.3, -0.25) is 14.4 Å². The summed E-state index contributed by atoms with van der Waals surface area (Å²) in [5.74, 6) is -0.0321. The second-order valence-corrected chi connectivity index (χ2v) is 7.17. The zero-order valence-corrected chi connectivity index (χ0v) is 15.4. The average molecular weight is 350 g/mol. The van der Waals surface area contributed by atoms with Gasteiger partial charge in [-0.1, -0.05) is 0 Å². The molecule has 0 radical (unpaired) electrons. The van der Waals surface area contributed by atoms with Crippen LogP contribution in [0, 0.1) is 12.3 Å². The number of aryl methyl sites for hydroxylation is 2. The fourth-order valence-electron chi connectivity index (χ4n) is 3.76. The van der Waals surface area contributed by atoms with Crippen LogP contribution in [0.5, 0.6) is 0 Å². The van der Waals surface area contributed by atoms with Crippen molar-refractivity contribution in [2.75, 3.05) is 52.6 Å². The maximum atomic E-state index is 12.7. The number of ether oxygens (including phenoxy) is 2. The van der Waals surface area contributed by atoms with E-state index in [2.05, 4.69) is 15.3 Å². The quantitative estimate of drug-likeness (QED) is 0.831. The molecule has 0 bridgehead atoms. The highest BCUT2D eigenvalue weighted by Gasteiger charge is 2.35. The first-order valence-corrected chi connectivity index (χ1v) is 9.32. The molecule has 2 saturated heterocycles. The van der Waals surface area contributed by atoms with Crippen molar-refractivity contribution < 1.29 is 14.3 Å². The predicted molar refractivity (Wildman–Crippen MR) is 94.7 cm³/mol. The highest BCUT2D eigenvalue weighted by Crippen LogP contribution is 2.31. The van der Waals surface area contributed by atoms with Crippen LogP contribution in [-0.2, 0) is 16.0 Å². The molecule has 1 amide bonds. The van der Waals surface area contributed by atoms with Crippen LogP contribution < -0.4 is 5.32 Å². The Hall–Kier alpha value is -1.44. The van der Waals surface area contributed by atoms with Crippen molar-refractivity contribution in [3.63, 3.8) is 0 Å². The third kappa shape index (κ3) is 4.59. The summed E-state index contributed by atoms with van der Waals surface area (Å²) in [7, 11) is 0. The summed E-state index contributed by atoms with van der Waals surface area (Å²) >= 11 is 0. The SMILES string of the molecule is CCn1nc(C)cc1C(=O)NCC1(CN2CCOCC2)CCOCC1. The van der Waals surface area contributed by atoms with Crippen LogP contribution >= 0.6 is 0 Å². The van der Waals surface area contributed by atoms with E-state index in [1.807, 2.05) is 19.9 Å². The largest absolute Gasteiger partial charge is 0.381 e. The topological polar surface area (TPSA) is 68.6 Å². The second-order valence-electron chi connectivity index (χ2n) is 7.17. The van der Waals surface area contributed by atoms with Gasteiger partial charge in [0.15, 0.2) is 0 Å². The summed E-state index contributed by atoms with van der Waals surface area (Å²) in [6, 6.07) is 1.86. The van der Waals surface area contributed by atoms with Crippen molar-refractivity contribution in [1.82, 2.24) is 20.0 Å². The van der Waals surface area contributed by atoms with E-state index in [1.54, 1.807) is 4.68 Å². The van der Waals surface area contributed by atoms with Crippen molar-refractivity contribution in [1.29, 1.82) is 0 Å². The van der Waals surface area contributed by atoms with E-state index in [0.717, 1.165) is 64.6 Å². The lowest BCUT2D eigenvalue weighted by molar-refractivity contribution is -0.0283. The Labute approximate surface area is 149 Å². The average Bonchev–Trinajstić information content (AvgIpc) is 3.02. The third-order valence-corrected chi connectivity index (χ3v) is 5.27. The molecular weight excluding hydrogens is 320 g/mol. The van der Waals surface area contributed by atoms with E-state index >= 15 is 0 Å². The maximum absolute atomic E-state index is 12.7. The van der Waals surface area contributed by atoms with E-state index in [-0.39, 0.29) is 11.3 Å². The second kappa shape index (κ2) is 8.29. The molecule has 0 aliphatic carbocycles. The lowest BCUT2D eigenvalue weighted by Gasteiger charge is -2.42. The van der Waals surface area contributed by atoms with Crippen molar-refractivity contribution in [2.24, 2.45) is 5.41 Å². The van der Waals surface area contributed by atoms with Gasteiger partial charge in [0.1, 0.15) is 5.69 Å². The minimum Gasteiger partial charge on any atom is -0.381 e. The van der Waals surface area contributed by atoms with Crippen molar-refractivity contribution in [2.45, 2.75) is 33.2 Å². The van der Waals surface area contributed by atoms with Crippen LogP contribution in [0.15, 0.2) is 6.07 Å². The number of nitrogens with one attached hydrogen (secondary N) is 1. The van der Waals surface area contributed by atoms with E-state index in [9.17, 15) is 4.79 Å². The highest BCUT2D eigenvalue weighted by molar-refractivity contribution is 5.92. The molecule has 1 aromatic heterocycles. The standard InChI is InChI=1S/C18H30N4O3/c1-3-22-16(12-15(2)20-22)17(23)19-13-18(4-8-24-9-5-18)14-21-6-10-25-11-7-21/h12H,3-11,13-14H2,1-2H3,(H,19,23). The zero-order chi connectivity index (χ0) is 17.7. The molecule has 25 heavy (non-hydrogen) atoms. The van der Waals surface area contributed by atoms with Gasteiger partial charge < -0.3 is 14.8 Å². The van der Waals surface area contributed by atoms with Crippen LogP contribution in [0.4, 0.5) is 0 Å². The van der Waals surface area contributed by atoms with Crippen molar-refractivity contribution in [3.8, 4) is 0 Å². The van der Waals surface area contributed by atoms with Crippen LogP contribution in [0.25, 0.3) is 0 Å². The molecule has 2 fully saturated rings. The molecule has 7 nitrogen and oxygen atoms in total. The Morgan fingerprint density at radius 3 is 2.60 bits per heavy atom. The molecule has 0 aromatic carbocycles. The molecule has 7 heteroatoms. The Morgan fingerprint density at radius 1 is 1.24 bits per heavy atom. The van der Waals surface area contributed by atoms with Crippen molar-refractivity contribution >= 4 is 5.91 Å². The van der Waals surface area contributed by atoms with Crippen LogP contribution in [0.2, 0.25) is 0 Å². The van der Waals surface area contributed by atoms with Gasteiger partial charge >= 0.3 is 0 Å². The number of hydrogen-bond donors (Lipinski definition) is 1. The predicted octanol–water partition coefficient (Wildman–Crippen LogP) is 1.07. The molecule has 3 heterocycles. The number of hydrogen-bond acceptors (Lipinski definition) is 5. The Kier molecular flexibility index (Phi) is 6.09. The van der Waals surface area contributed by atoms with Crippen LogP contribution in [0.3, 0.4) is 0 Å². The lowest BCUT2D eigenvalue weighted by atomic mass is 9.79. The van der Waals surface area contributed by atoms with Gasteiger partial charge in [0.2, 0.25) is 0 Å². The lowest BCUT2D eigenvalue weighted by Crippen LogP contribution is -2.51. The highest BCUT2D eigenvalue weighted by atomic mass is 16.5. The van der Waals surface area contributed by atoms with E-state index in [4.69, 9.17) is 9.47 Å². The monoisotopic (exact) mass is 350 g/mol. The maximum Gasteiger partial charge on any atom is 0.269 e. The first-order chi connectivity index (χ1) is 12.1. The fraction of sp³-hybridized carbons (Fsp3) is 0.778. The minimum atomic E-state index is -0.0321. The van der Waals surface area contributed by atoms with Gasteiger partial charge in [-0.2, -0.15) is 5.10 Å². The molecule has 2 aliphatic rings. The number of nitrogens with zero attached hydrogens (tertiary/aromatic N) is 3. The van der Waals surface area contributed by atoms with E-state index < -0.39 is 0 Å². The molecule has 0 atom stereocenters. The van der Waals surface area contributed by atoms with E-state index in [0.29, 0.717) is 18.8 Å². The summed E-state index contributed by atoms with van der Waals surface area (Å²) in [4.78, 5) is 15.1. The zero-order valence-electron chi connectivity index (χ0n) is 15.4. The van der Waals surface area contributed by atoms with Crippen LogP contribution in [0.1, 0.15) is 35.9 Å². The smallest absolute Gasteiger partial charge is 0.269 e. The normalized spacial score (nSPS) is 21.2.